The van der Waals surface area contributed by atoms with E-state index in [0.29, 0.717) is 0 Å². The van der Waals surface area contributed by atoms with Gasteiger partial charge in [-0.15, -0.1) is 0 Å². The summed E-state index contributed by atoms with van der Waals surface area (Å²) in [6, 6.07) is 99.5. The monoisotopic (exact) mass is 2810 g/mol. The van der Waals surface area contributed by atoms with E-state index in [1.807, 2.05) is 146 Å². The first-order chi connectivity index (χ1) is 60.3. The van der Waals surface area contributed by atoms with Crippen molar-refractivity contribution in [2.75, 3.05) is 85.3 Å². The molecule has 0 aliphatic rings. The molecule has 0 amide bonds. The molecule has 126 heavy (non-hydrogen) atoms. The van der Waals surface area contributed by atoms with Gasteiger partial charge >= 0.3 is 287 Å². The minimum absolute atomic E-state index is 0.119. The molecule has 12 rings (SSSR count). The van der Waals surface area contributed by atoms with Crippen molar-refractivity contribution in [1.29, 1.82) is 0 Å². The minimum atomic E-state index is -4.33. The average Bonchev–Trinajstić information content (AvgIpc) is 0.902. The maximum atomic E-state index is 10.1. The molecule has 42 heteroatoms. The third kappa shape index (κ3) is 61.6. The predicted octanol–water partition coefficient (Wildman–Crippen LogP) is -10.2. The molecular formula is C84H90As6F6I6O24. The topological polar surface area (TPSA) is 352 Å². The molecule has 6 atom stereocenters. The van der Waals surface area contributed by atoms with Gasteiger partial charge in [0.15, 0.2) is 42.8 Å². The van der Waals surface area contributed by atoms with E-state index in [4.69, 9.17) is 104 Å². The summed E-state index contributed by atoms with van der Waals surface area (Å²) >= 11 is -26.7. The molecule has 12 aromatic carbocycles. The standard InChI is InChI=1S/6C14H14IO2.6AsFH2O2/c6*1-16-13-7-3-11(4-8-13)15-12-5-9-14(17-2)10-6-12;6*2-1(3)4/h6*3-10H,1-2H3;6*1H,(H,3,4)/q6*+1;;;;;;/p-6. The summed E-state index contributed by atoms with van der Waals surface area (Å²) < 4.78 is 240. The summed E-state index contributed by atoms with van der Waals surface area (Å²) in [6.45, 7) is 0. The van der Waals surface area contributed by atoms with Gasteiger partial charge in [0, 0.05) is 0 Å². The van der Waals surface area contributed by atoms with Crippen LogP contribution in [0.15, 0.2) is 291 Å². The summed E-state index contributed by atoms with van der Waals surface area (Å²) in [7, 11) is 20.3. The van der Waals surface area contributed by atoms with Crippen LogP contribution in [0.5, 0.6) is 69.0 Å². The third-order valence-electron chi connectivity index (χ3n) is 13.9. The fourth-order valence-corrected chi connectivity index (χ4v) is 21.3. The summed E-state index contributed by atoms with van der Waals surface area (Å²) in [5.41, 5.74) is 0. The van der Waals surface area contributed by atoms with Crippen LogP contribution in [0.25, 0.3) is 0 Å². The summed E-state index contributed by atoms with van der Waals surface area (Å²) in [5, 5.41) is 0. The van der Waals surface area contributed by atoms with Crippen LogP contribution >= 0.6 is 0 Å². The van der Waals surface area contributed by atoms with E-state index < -0.39 is 92.4 Å². The Bertz CT molecular complexity index is 3880. The van der Waals surface area contributed by atoms with Gasteiger partial charge in [0.1, 0.15) is 69.0 Å². The fraction of sp³-hybridized carbons (Fsp3) is 0.143. The molecule has 0 bridgehead atoms. The van der Waals surface area contributed by atoms with Crippen LogP contribution in [0.4, 0.5) is 20.8 Å². The van der Waals surface area contributed by atoms with Crippen LogP contribution < -0.4 is 209 Å². The molecule has 0 saturated heterocycles. The van der Waals surface area contributed by atoms with Crippen molar-refractivity contribution in [3.05, 3.63) is 334 Å². The van der Waals surface area contributed by atoms with Crippen molar-refractivity contribution in [2.24, 2.45) is 0 Å². The van der Waals surface area contributed by atoms with Gasteiger partial charge in [0.05, 0.1) is 85.3 Å². The molecule has 12 aromatic rings. The number of ether oxygens (including phenoxy) is 12. The van der Waals surface area contributed by atoms with Crippen molar-refractivity contribution in [2.45, 2.75) is 0 Å². The second-order valence-corrected chi connectivity index (χ2v) is 46.1. The van der Waals surface area contributed by atoms with Crippen LogP contribution in [0.1, 0.15) is 0 Å². The third-order valence-corrected chi connectivity index (χ3v) is 30.0. The second kappa shape index (κ2) is 73.7. The van der Waals surface area contributed by atoms with Crippen molar-refractivity contribution in [3.8, 4) is 69.0 Å². The van der Waals surface area contributed by atoms with Gasteiger partial charge in [-0.2, -0.15) is 0 Å². The zero-order valence-electron chi connectivity index (χ0n) is 69.0. The molecule has 0 heterocycles. The molecule has 6 unspecified atom stereocenters. The van der Waals surface area contributed by atoms with Gasteiger partial charge < -0.3 is 56.8 Å². The summed E-state index contributed by atoms with van der Waals surface area (Å²) in [4.78, 5) is 0. The van der Waals surface area contributed by atoms with E-state index in [9.17, 15) is 20.8 Å². The molecule has 684 valence electrons. The Morgan fingerprint density at radius 2 is 0.198 bits per heavy atom. The van der Waals surface area contributed by atoms with E-state index in [1.165, 1.54) is 42.8 Å². The molecular weight excluding hydrogens is 2720 g/mol. The average molecular weight is 2810 g/mol. The second-order valence-electron chi connectivity index (χ2n) is 21.9. The van der Waals surface area contributed by atoms with E-state index in [2.05, 4.69) is 146 Å². The zero-order chi connectivity index (χ0) is 94.0. The number of methoxy groups -OCH3 is 12. The van der Waals surface area contributed by atoms with E-state index in [1.54, 1.807) is 85.3 Å². The Labute approximate surface area is 821 Å². The molecule has 0 aliphatic carbocycles. The summed E-state index contributed by atoms with van der Waals surface area (Å²) in [6.07, 6.45) is 0. The Kier molecular flexibility index (Phi) is 69.1. The van der Waals surface area contributed by atoms with Crippen LogP contribution in [-0.2, 0) is 22.4 Å². The Hall–Kier alpha value is -5.89. The number of rotatable bonds is 24. The molecule has 0 saturated carbocycles. The molecule has 0 fully saturated rings. The van der Waals surface area contributed by atoms with Gasteiger partial charge in [0.25, 0.3) is 0 Å². The van der Waals surface area contributed by atoms with Gasteiger partial charge in [-0.3, -0.25) is 0 Å². The van der Waals surface area contributed by atoms with Crippen molar-refractivity contribution >= 4 is 92.4 Å². The molecule has 0 aromatic heterocycles. The first kappa shape index (κ1) is 118. The van der Waals surface area contributed by atoms with Crippen LogP contribution in [0, 0.1) is 42.8 Å². The number of hydrogen-bond donors (Lipinski definition) is 0. The number of hydrogen-bond acceptors (Lipinski definition) is 24. The van der Waals surface area contributed by atoms with E-state index >= 15 is 0 Å². The Morgan fingerprint density at radius 3 is 0.238 bits per heavy atom. The zero-order valence-corrected chi connectivity index (χ0v) is 94.6. The molecule has 24 nitrogen and oxygen atoms in total. The SMILES string of the molecule is COc1ccc([I+]c2ccc(OC)cc2)cc1.COc1ccc([I+]c2ccc(OC)cc2)cc1.COc1ccc([I+]c2ccc(OC)cc2)cc1.COc1ccc([I+]c2ccc(OC)cc2)cc1.COc1ccc([I+]c2ccc(OC)cc2)cc1.COc1ccc([I+]c2ccc(OC)cc2)cc1.O=[AsH]([O-])F.O=[AsH]([O-])F.O=[AsH]([O-])F.O=[AsH]([O-])F.O=[AsH]([O-])F.O=[AsH]([O-])F. The van der Waals surface area contributed by atoms with E-state index in [0.717, 1.165) is 69.0 Å². The molecule has 0 aliphatic heterocycles. The van der Waals surface area contributed by atoms with Crippen molar-refractivity contribution in [1.82, 2.24) is 0 Å². The van der Waals surface area contributed by atoms with Crippen LogP contribution in [0.3, 0.4) is 0 Å². The van der Waals surface area contributed by atoms with Gasteiger partial charge in [-0.1, -0.05) is 0 Å². The first-order valence-corrected chi connectivity index (χ1v) is 63.0. The van der Waals surface area contributed by atoms with Crippen molar-refractivity contribution < 1.29 is 252 Å². The van der Waals surface area contributed by atoms with Crippen LogP contribution in [0.2, 0.25) is 0 Å². The quantitative estimate of drug-likeness (QED) is 0.0308. The van der Waals surface area contributed by atoms with E-state index in [-0.39, 0.29) is 127 Å². The normalized spacial score (nSPS) is 11.0. The molecule has 0 radical (unpaired) electrons. The van der Waals surface area contributed by atoms with Gasteiger partial charge in [-0.05, 0) is 291 Å². The van der Waals surface area contributed by atoms with Crippen LogP contribution in [-0.4, -0.2) is 178 Å². The molecule has 0 spiro atoms. The predicted molar refractivity (Wildman–Crippen MR) is 434 cm³/mol. The van der Waals surface area contributed by atoms with Crippen molar-refractivity contribution in [3.63, 3.8) is 0 Å². The Balaban J connectivity index is 0.000000717. The maximum absolute atomic E-state index is 10.1. The Morgan fingerprint density at radius 1 is 0.151 bits per heavy atom. The molecule has 0 N–H and O–H groups in total. The first-order valence-electron chi connectivity index (χ1n) is 35.1. The van der Waals surface area contributed by atoms with Gasteiger partial charge in [0.2, 0.25) is 0 Å². The van der Waals surface area contributed by atoms with Gasteiger partial charge in [-0.25, -0.2) is 0 Å². The number of halogens is 12. The summed E-state index contributed by atoms with van der Waals surface area (Å²) in [5.74, 6) is 10.9. The fourth-order valence-electron chi connectivity index (χ4n) is 8.36. The number of benzene rings is 12.